The molecule has 1 rings (SSSR count). The molecule has 110 valence electrons. The van der Waals surface area contributed by atoms with Gasteiger partial charge in [-0.1, -0.05) is 18.8 Å². The van der Waals surface area contributed by atoms with Gasteiger partial charge in [-0.05, 0) is 43.5 Å². The predicted octanol–water partition coefficient (Wildman–Crippen LogP) is 2.74. The van der Waals surface area contributed by atoms with Crippen LogP contribution in [0.15, 0.2) is 18.2 Å². The lowest BCUT2D eigenvalue weighted by Gasteiger charge is -2.26. The van der Waals surface area contributed by atoms with Crippen LogP contribution in [0.2, 0.25) is 0 Å². The van der Waals surface area contributed by atoms with Crippen molar-refractivity contribution in [1.29, 1.82) is 0 Å². The van der Waals surface area contributed by atoms with Crippen LogP contribution in [0.25, 0.3) is 0 Å². The SMILES string of the molecule is CCC(CSC)N(C)Cc1cc(F)cc(C#CCO)c1. The summed E-state index contributed by atoms with van der Waals surface area (Å²) < 4.78 is 13.6. The molecule has 0 radical (unpaired) electrons. The maximum absolute atomic E-state index is 13.6. The van der Waals surface area contributed by atoms with E-state index in [1.807, 2.05) is 17.8 Å². The molecule has 0 amide bonds. The Balaban J connectivity index is 2.83. The monoisotopic (exact) mass is 295 g/mol. The highest BCUT2D eigenvalue weighted by molar-refractivity contribution is 7.98. The van der Waals surface area contributed by atoms with Crippen molar-refractivity contribution in [2.45, 2.75) is 25.9 Å². The molecule has 0 spiro atoms. The number of hydrogen-bond acceptors (Lipinski definition) is 3. The van der Waals surface area contributed by atoms with Crippen LogP contribution in [-0.4, -0.2) is 41.7 Å². The molecule has 1 unspecified atom stereocenters. The third kappa shape index (κ3) is 5.54. The van der Waals surface area contributed by atoms with Gasteiger partial charge < -0.3 is 5.11 Å². The quantitative estimate of drug-likeness (QED) is 0.816. The summed E-state index contributed by atoms with van der Waals surface area (Å²) in [6.45, 7) is 2.66. The summed E-state index contributed by atoms with van der Waals surface area (Å²) >= 11 is 1.82. The number of nitrogens with zero attached hydrogens (tertiary/aromatic N) is 1. The zero-order valence-electron chi connectivity index (χ0n) is 12.3. The highest BCUT2D eigenvalue weighted by Crippen LogP contribution is 2.15. The molecule has 0 saturated carbocycles. The van der Waals surface area contributed by atoms with Crippen molar-refractivity contribution in [3.05, 3.63) is 35.1 Å². The Kier molecular flexibility index (Phi) is 7.68. The van der Waals surface area contributed by atoms with Crippen LogP contribution < -0.4 is 0 Å². The van der Waals surface area contributed by atoms with E-state index in [9.17, 15) is 4.39 Å². The smallest absolute Gasteiger partial charge is 0.124 e. The van der Waals surface area contributed by atoms with Crippen molar-refractivity contribution in [2.75, 3.05) is 25.7 Å². The van der Waals surface area contributed by atoms with Crippen LogP contribution >= 0.6 is 11.8 Å². The van der Waals surface area contributed by atoms with E-state index in [4.69, 9.17) is 5.11 Å². The van der Waals surface area contributed by atoms with E-state index in [-0.39, 0.29) is 12.4 Å². The zero-order valence-corrected chi connectivity index (χ0v) is 13.1. The topological polar surface area (TPSA) is 23.5 Å². The van der Waals surface area contributed by atoms with E-state index in [0.29, 0.717) is 18.2 Å². The molecular weight excluding hydrogens is 273 g/mol. The third-order valence-corrected chi connectivity index (χ3v) is 3.87. The van der Waals surface area contributed by atoms with E-state index in [1.54, 1.807) is 6.07 Å². The van der Waals surface area contributed by atoms with Gasteiger partial charge in [0.15, 0.2) is 0 Å². The molecule has 0 fully saturated rings. The summed E-state index contributed by atoms with van der Waals surface area (Å²) in [6, 6.07) is 5.31. The van der Waals surface area contributed by atoms with Gasteiger partial charge in [0.1, 0.15) is 12.4 Å². The molecule has 0 aromatic heterocycles. The predicted molar refractivity (Wildman–Crippen MR) is 84.3 cm³/mol. The summed E-state index contributed by atoms with van der Waals surface area (Å²) in [5, 5.41) is 8.70. The molecular formula is C16H22FNOS. The molecule has 0 heterocycles. The van der Waals surface area contributed by atoms with E-state index in [1.165, 1.54) is 6.07 Å². The molecule has 0 aliphatic carbocycles. The summed E-state index contributed by atoms with van der Waals surface area (Å²) in [4.78, 5) is 2.24. The molecule has 1 atom stereocenters. The number of aliphatic hydroxyl groups is 1. The second-order valence-electron chi connectivity index (χ2n) is 4.74. The fraction of sp³-hybridized carbons (Fsp3) is 0.500. The maximum Gasteiger partial charge on any atom is 0.124 e. The largest absolute Gasteiger partial charge is 0.384 e. The van der Waals surface area contributed by atoms with Gasteiger partial charge in [0.05, 0.1) is 0 Å². The lowest BCUT2D eigenvalue weighted by atomic mass is 10.1. The molecule has 0 aliphatic heterocycles. The van der Waals surface area contributed by atoms with Gasteiger partial charge in [-0.3, -0.25) is 4.90 Å². The van der Waals surface area contributed by atoms with E-state index in [2.05, 4.69) is 37.0 Å². The number of benzene rings is 1. The maximum atomic E-state index is 13.6. The van der Waals surface area contributed by atoms with E-state index < -0.39 is 0 Å². The van der Waals surface area contributed by atoms with Crippen molar-refractivity contribution in [1.82, 2.24) is 4.90 Å². The Labute approximate surface area is 125 Å². The minimum atomic E-state index is -0.281. The number of hydrogen-bond donors (Lipinski definition) is 1. The Bertz CT molecular complexity index is 481. The van der Waals surface area contributed by atoms with Crippen molar-refractivity contribution >= 4 is 11.8 Å². The second kappa shape index (κ2) is 9.02. The summed E-state index contributed by atoms with van der Waals surface area (Å²) in [6.07, 6.45) is 3.17. The average Bonchev–Trinajstić information content (AvgIpc) is 2.41. The molecule has 20 heavy (non-hydrogen) atoms. The lowest BCUT2D eigenvalue weighted by Crippen LogP contribution is -2.32. The molecule has 0 bridgehead atoms. The summed E-state index contributed by atoms with van der Waals surface area (Å²) in [5.41, 5.74) is 1.52. The third-order valence-electron chi connectivity index (χ3n) is 3.15. The second-order valence-corrected chi connectivity index (χ2v) is 5.65. The van der Waals surface area contributed by atoms with Crippen molar-refractivity contribution in [3.63, 3.8) is 0 Å². The molecule has 0 saturated heterocycles. The van der Waals surface area contributed by atoms with E-state index >= 15 is 0 Å². The van der Waals surface area contributed by atoms with Crippen LogP contribution in [0.1, 0.15) is 24.5 Å². The highest BCUT2D eigenvalue weighted by Gasteiger charge is 2.13. The Hall–Kier alpha value is -1.02. The van der Waals surface area contributed by atoms with Gasteiger partial charge in [0, 0.05) is 23.9 Å². The first-order valence-electron chi connectivity index (χ1n) is 6.69. The minimum absolute atomic E-state index is 0.211. The first kappa shape index (κ1) is 17.0. The van der Waals surface area contributed by atoms with Gasteiger partial charge in [-0.25, -0.2) is 4.39 Å². The van der Waals surface area contributed by atoms with Crippen LogP contribution in [0, 0.1) is 17.7 Å². The van der Waals surface area contributed by atoms with Gasteiger partial charge in [0.2, 0.25) is 0 Å². The van der Waals surface area contributed by atoms with Crippen molar-refractivity contribution < 1.29 is 9.50 Å². The highest BCUT2D eigenvalue weighted by atomic mass is 32.2. The van der Waals surface area contributed by atoms with Crippen LogP contribution in [0.5, 0.6) is 0 Å². The van der Waals surface area contributed by atoms with Gasteiger partial charge >= 0.3 is 0 Å². The summed E-state index contributed by atoms with van der Waals surface area (Å²) in [7, 11) is 2.06. The van der Waals surface area contributed by atoms with Gasteiger partial charge in [0.25, 0.3) is 0 Å². The van der Waals surface area contributed by atoms with Gasteiger partial charge in [-0.2, -0.15) is 11.8 Å². The zero-order chi connectivity index (χ0) is 15.0. The molecule has 1 N–H and O–H groups in total. The molecule has 1 aromatic rings. The van der Waals surface area contributed by atoms with E-state index in [0.717, 1.165) is 17.7 Å². The molecule has 2 nitrogen and oxygen atoms in total. The van der Waals surface area contributed by atoms with Gasteiger partial charge in [-0.15, -0.1) is 0 Å². The number of rotatable bonds is 6. The first-order valence-corrected chi connectivity index (χ1v) is 8.08. The number of thioether (sulfide) groups is 1. The van der Waals surface area contributed by atoms with Crippen LogP contribution in [0.4, 0.5) is 4.39 Å². The first-order chi connectivity index (χ1) is 9.60. The summed E-state index contributed by atoms with van der Waals surface area (Å²) in [5.74, 6) is 6.09. The van der Waals surface area contributed by atoms with Crippen molar-refractivity contribution in [2.24, 2.45) is 0 Å². The molecule has 0 aliphatic rings. The van der Waals surface area contributed by atoms with Crippen LogP contribution in [0.3, 0.4) is 0 Å². The number of aliphatic hydroxyl groups excluding tert-OH is 1. The Morgan fingerprint density at radius 2 is 2.15 bits per heavy atom. The fourth-order valence-electron chi connectivity index (χ4n) is 2.12. The number of halogens is 1. The normalized spacial score (nSPS) is 12.1. The Morgan fingerprint density at radius 3 is 2.75 bits per heavy atom. The van der Waals surface area contributed by atoms with Crippen molar-refractivity contribution in [3.8, 4) is 11.8 Å². The molecule has 4 heteroatoms. The lowest BCUT2D eigenvalue weighted by molar-refractivity contribution is 0.247. The van der Waals surface area contributed by atoms with Crippen LogP contribution in [-0.2, 0) is 6.54 Å². The Morgan fingerprint density at radius 1 is 1.40 bits per heavy atom. The minimum Gasteiger partial charge on any atom is -0.384 e. The fourth-order valence-corrected chi connectivity index (χ4v) is 3.00. The standard InChI is InChI=1S/C16H22FNOS/c1-4-16(12-20-3)18(2)11-14-8-13(6-5-7-19)9-15(17)10-14/h8-10,16,19H,4,7,11-12H2,1-3H3. The average molecular weight is 295 g/mol. The molecule has 1 aromatic carbocycles.